The van der Waals surface area contributed by atoms with Gasteiger partial charge in [-0.3, -0.25) is 4.79 Å². The van der Waals surface area contributed by atoms with E-state index in [0.717, 1.165) is 11.1 Å². The number of rotatable bonds is 7. The Morgan fingerprint density at radius 1 is 1.00 bits per heavy atom. The Balaban J connectivity index is 1.78. The largest absolute Gasteiger partial charge is 0.488 e. The smallest absolute Gasteiger partial charge is 0.262 e. The summed E-state index contributed by atoms with van der Waals surface area (Å²) in [6.07, 6.45) is 1.45. The van der Waals surface area contributed by atoms with Gasteiger partial charge < -0.3 is 10.1 Å². The number of carbonyl (C=O) groups is 1. The number of nitrogens with one attached hydrogen (secondary N) is 1. The van der Waals surface area contributed by atoms with Gasteiger partial charge in [0.25, 0.3) is 5.91 Å². The van der Waals surface area contributed by atoms with Crippen molar-refractivity contribution < 1.29 is 9.53 Å². The van der Waals surface area contributed by atoms with E-state index in [1.165, 1.54) is 6.08 Å². The third kappa shape index (κ3) is 6.50. The first-order chi connectivity index (χ1) is 15.0. The highest BCUT2D eigenvalue weighted by Crippen LogP contribution is 2.28. The number of ether oxygens (including phenoxy) is 1. The Morgan fingerprint density at radius 3 is 2.42 bits per heavy atom. The summed E-state index contributed by atoms with van der Waals surface area (Å²) in [4.78, 5) is 12.5. The van der Waals surface area contributed by atoms with Crippen LogP contribution in [0.15, 0.2) is 72.3 Å². The second kappa shape index (κ2) is 10.9. The van der Waals surface area contributed by atoms with Crippen LogP contribution in [0.25, 0.3) is 6.08 Å². The van der Waals surface area contributed by atoms with Crippen molar-refractivity contribution in [3.8, 4) is 11.8 Å². The van der Waals surface area contributed by atoms with Crippen LogP contribution in [-0.2, 0) is 17.9 Å². The van der Waals surface area contributed by atoms with E-state index < -0.39 is 5.91 Å². The van der Waals surface area contributed by atoms with Crippen molar-refractivity contribution in [1.29, 1.82) is 5.26 Å². The summed E-state index contributed by atoms with van der Waals surface area (Å²) in [6.45, 7) is 0.493. The standard InChI is InChI=1S/C24H17Cl3N2O2/c25-20-8-9-23(31-15-17-6-7-21(26)12-22(17)27)18(11-20)10-19(13-28)24(30)29-14-16-4-2-1-3-5-16/h1-12H,14-15H2,(H,29,30)/b19-10+. The van der Waals surface area contributed by atoms with E-state index in [0.29, 0.717) is 32.9 Å². The molecule has 0 bridgehead atoms. The number of halogens is 3. The fourth-order valence-corrected chi connectivity index (χ4v) is 3.38. The Labute approximate surface area is 195 Å². The molecule has 0 radical (unpaired) electrons. The minimum absolute atomic E-state index is 0.0624. The number of hydrogen-bond acceptors (Lipinski definition) is 3. The predicted octanol–water partition coefficient (Wildman–Crippen LogP) is 6.45. The lowest BCUT2D eigenvalue weighted by Gasteiger charge is -2.12. The fourth-order valence-electron chi connectivity index (χ4n) is 2.74. The fraction of sp³-hybridized carbons (Fsp3) is 0.0833. The molecule has 0 aliphatic rings. The van der Waals surface area contributed by atoms with Gasteiger partial charge in [0.2, 0.25) is 0 Å². The van der Waals surface area contributed by atoms with E-state index in [-0.39, 0.29) is 12.2 Å². The average Bonchev–Trinajstić information content (AvgIpc) is 2.77. The third-order valence-electron chi connectivity index (χ3n) is 4.33. The van der Waals surface area contributed by atoms with Crippen molar-refractivity contribution in [1.82, 2.24) is 5.32 Å². The molecule has 0 saturated carbocycles. The number of carbonyl (C=O) groups excluding carboxylic acids is 1. The van der Waals surface area contributed by atoms with Crippen molar-refractivity contribution in [3.05, 3.63) is 104 Å². The zero-order valence-corrected chi connectivity index (χ0v) is 18.5. The van der Waals surface area contributed by atoms with Crippen LogP contribution >= 0.6 is 34.8 Å². The minimum Gasteiger partial charge on any atom is -0.488 e. The van der Waals surface area contributed by atoms with E-state index in [4.69, 9.17) is 39.5 Å². The van der Waals surface area contributed by atoms with Crippen molar-refractivity contribution in [2.24, 2.45) is 0 Å². The van der Waals surface area contributed by atoms with Crippen LogP contribution in [0.4, 0.5) is 0 Å². The summed E-state index contributed by atoms with van der Waals surface area (Å²) in [5, 5.41) is 13.7. The molecule has 0 atom stereocenters. The monoisotopic (exact) mass is 470 g/mol. The number of benzene rings is 3. The maximum Gasteiger partial charge on any atom is 0.262 e. The Morgan fingerprint density at radius 2 is 1.71 bits per heavy atom. The van der Waals surface area contributed by atoms with Crippen LogP contribution < -0.4 is 10.1 Å². The predicted molar refractivity (Wildman–Crippen MR) is 124 cm³/mol. The van der Waals surface area contributed by atoms with Gasteiger partial charge >= 0.3 is 0 Å². The molecule has 0 fully saturated rings. The van der Waals surface area contributed by atoms with Crippen molar-refractivity contribution >= 4 is 46.8 Å². The van der Waals surface area contributed by atoms with Crippen molar-refractivity contribution in [2.75, 3.05) is 0 Å². The van der Waals surface area contributed by atoms with Gasteiger partial charge in [-0.2, -0.15) is 5.26 Å². The Bertz CT molecular complexity index is 1160. The third-order valence-corrected chi connectivity index (χ3v) is 5.15. The summed E-state index contributed by atoms with van der Waals surface area (Å²) in [5.74, 6) is -0.0305. The second-order valence-corrected chi connectivity index (χ2v) is 7.82. The normalized spacial score (nSPS) is 11.0. The number of amides is 1. The van der Waals surface area contributed by atoms with Gasteiger partial charge in [-0.25, -0.2) is 0 Å². The molecule has 4 nitrogen and oxygen atoms in total. The molecule has 3 rings (SSSR count). The molecule has 0 saturated heterocycles. The van der Waals surface area contributed by atoms with E-state index in [9.17, 15) is 10.1 Å². The van der Waals surface area contributed by atoms with Gasteiger partial charge in [0, 0.05) is 32.7 Å². The first-order valence-corrected chi connectivity index (χ1v) is 10.4. The highest BCUT2D eigenvalue weighted by atomic mass is 35.5. The topological polar surface area (TPSA) is 62.1 Å². The van der Waals surface area contributed by atoms with Crippen molar-refractivity contribution in [3.63, 3.8) is 0 Å². The molecule has 3 aromatic carbocycles. The molecular formula is C24H17Cl3N2O2. The van der Waals surface area contributed by atoms with Crippen molar-refractivity contribution in [2.45, 2.75) is 13.2 Å². The molecule has 0 unspecified atom stereocenters. The molecule has 0 aromatic heterocycles. The summed E-state index contributed by atoms with van der Waals surface area (Å²) < 4.78 is 5.88. The van der Waals surface area contributed by atoms with Crippen LogP contribution in [0.3, 0.4) is 0 Å². The maximum atomic E-state index is 12.5. The average molecular weight is 472 g/mol. The zero-order chi connectivity index (χ0) is 22.2. The number of hydrogen-bond donors (Lipinski definition) is 1. The van der Waals surface area contributed by atoms with Gasteiger partial charge in [0.1, 0.15) is 24.0 Å². The van der Waals surface area contributed by atoms with Gasteiger partial charge in [0.15, 0.2) is 0 Å². The molecule has 0 aliphatic heterocycles. The molecule has 7 heteroatoms. The lowest BCUT2D eigenvalue weighted by Crippen LogP contribution is -2.23. The summed E-state index contributed by atoms with van der Waals surface area (Å²) in [6, 6.07) is 21.5. The molecule has 156 valence electrons. The summed E-state index contributed by atoms with van der Waals surface area (Å²) in [7, 11) is 0. The molecule has 1 amide bonds. The SMILES string of the molecule is N#C/C(=C\c1cc(Cl)ccc1OCc1ccc(Cl)cc1Cl)C(=O)NCc1ccccc1. The molecule has 0 spiro atoms. The highest BCUT2D eigenvalue weighted by molar-refractivity contribution is 6.35. The zero-order valence-electron chi connectivity index (χ0n) is 16.2. The van der Waals surface area contributed by atoms with Gasteiger partial charge in [-0.05, 0) is 42.0 Å². The lowest BCUT2D eigenvalue weighted by molar-refractivity contribution is -0.117. The molecule has 3 aromatic rings. The van der Waals surface area contributed by atoms with Crippen LogP contribution in [0.2, 0.25) is 15.1 Å². The summed E-state index contributed by atoms with van der Waals surface area (Å²) >= 11 is 18.2. The van der Waals surface area contributed by atoms with Crippen LogP contribution in [0, 0.1) is 11.3 Å². The van der Waals surface area contributed by atoms with Gasteiger partial charge in [-0.15, -0.1) is 0 Å². The van der Waals surface area contributed by atoms with E-state index in [1.807, 2.05) is 36.4 Å². The van der Waals surface area contributed by atoms with Gasteiger partial charge in [-0.1, -0.05) is 71.2 Å². The van der Waals surface area contributed by atoms with Gasteiger partial charge in [0.05, 0.1) is 0 Å². The molecule has 0 heterocycles. The molecule has 0 aliphatic carbocycles. The molecular weight excluding hydrogens is 455 g/mol. The number of nitriles is 1. The quantitative estimate of drug-likeness (QED) is 0.318. The first kappa shape index (κ1) is 22.7. The highest BCUT2D eigenvalue weighted by Gasteiger charge is 2.12. The van der Waals surface area contributed by atoms with Crippen LogP contribution in [0.5, 0.6) is 5.75 Å². The lowest BCUT2D eigenvalue weighted by atomic mass is 10.1. The Kier molecular flexibility index (Phi) is 7.97. The minimum atomic E-state index is -0.488. The second-order valence-electron chi connectivity index (χ2n) is 6.54. The molecule has 1 N–H and O–H groups in total. The van der Waals surface area contributed by atoms with E-state index in [2.05, 4.69) is 5.32 Å². The van der Waals surface area contributed by atoms with Crippen LogP contribution in [0.1, 0.15) is 16.7 Å². The van der Waals surface area contributed by atoms with E-state index in [1.54, 1.807) is 36.4 Å². The first-order valence-electron chi connectivity index (χ1n) is 9.26. The number of nitrogens with zero attached hydrogens (tertiary/aromatic N) is 1. The van der Waals surface area contributed by atoms with Crippen LogP contribution in [-0.4, -0.2) is 5.91 Å². The Hall–Kier alpha value is -2.97. The van der Waals surface area contributed by atoms with E-state index >= 15 is 0 Å². The maximum absolute atomic E-state index is 12.5. The summed E-state index contributed by atoms with van der Waals surface area (Å²) in [5.41, 5.74) is 2.12. The molecule has 31 heavy (non-hydrogen) atoms.